The molecule has 1 aliphatic rings. The molecule has 133 heavy (non-hydrogen) atoms. The molecule has 5 heteroatoms. The average Bonchev–Trinajstić information content (AvgIpc) is 1.05. The summed E-state index contributed by atoms with van der Waals surface area (Å²) in [7, 11) is 8.45. The Morgan fingerprint density at radius 1 is 0.286 bits per heavy atom. The Balaban J connectivity index is 0.000000199. The van der Waals surface area contributed by atoms with E-state index in [9.17, 15) is 0 Å². The maximum Gasteiger partial charge on any atom is 0.212 e. The Bertz CT molecular complexity index is 8780. The number of benzene rings is 10. The summed E-state index contributed by atoms with van der Waals surface area (Å²) >= 11 is 0. The Morgan fingerprint density at radius 2 is 0.556 bits per heavy atom. The van der Waals surface area contributed by atoms with Crippen molar-refractivity contribution in [2.24, 2.45) is 46.6 Å². The molecule has 0 spiro atoms. The standard InChI is InChI=1S/C27H32N.C27H34N.C26H32N.C25H30N.C23H26N/c1-18-10-6-9-13-23(18)25-15-26(20(3)14-19(25)2)27-16-24(21(4)17-28(27)5)22-11-7-8-12-22;1-18-11-9-10-12-23(18)24-15-25(20(3)13-19(24)2)26-14-22(16-27(5,6)7)21(4)17-28(26)8;1-17(2)12-22-14-26(27(7)16-21(22)6)25-15-24(19(4)13-20(25)5)23-11-9-8-10-18(23)3;1-16(2)22-14-25(26(7)15-20(22)6)24-13-23(18(4)12-19(24)5)21-11-9-8-10-17(21)3;1-15-9-7-8-10-20(15)21-13-22(18(4)11-17(21)3)23-12-16(2)19(5)14-24(23)6/h6,9-10,13-17,22H,7-8,11-12H2,1-5H3;9-15,17H,16H2,1-8H3;8-11,13-17H,12H2,1-7H3;8-16H,1-7H3;7-14H,1-6H3/q5*+1/i1D3,2D3,4D3,22D;1D3,2D3,4D3,16D2;3D3,4D3,6D3,12D2;3D3,4D3,6D3,16D;1D3,3D3,5D3. The van der Waals surface area contributed by atoms with Crippen molar-refractivity contribution in [1.29, 1.82) is 0 Å². The normalized spacial score (nSPS) is 19.6. The third-order valence-corrected chi connectivity index (χ3v) is 23.9. The molecule has 0 unspecified atom stereocenters. The zero-order valence-electron chi connectivity index (χ0n) is 130. The molecule has 10 aromatic carbocycles. The lowest BCUT2D eigenvalue weighted by atomic mass is 9.85. The van der Waals surface area contributed by atoms with E-state index in [0.717, 1.165) is 12.8 Å². The first-order valence-electron chi connectivity index (χ1n) is 69.8. The summed E-state index contributed by atoms with van der Waals surface area (Å²) < 4.78 is 423. The van der Waals surface area contributed by atoms with Gasteiger partial charge in [0, 0.05) is 156 Å². The molecular weight excluding hydrogens is 1610 g/mol. The molecule has 1 fully saturated rings. The SMILES string of the molecule is [2H]C([2H])([2H])c1c[n+](C)c(-c2cc(-c3ccccc3C([2H])([2H])[2H])c(C([2H])([2H])[2H])cc2C)cc1C.[2H]C([2H])([2H])c1ccccc1-c1cc(-c2cc(C([2H])(C)C)c(C([2H])([2H])[2H])c[n+]2C)c(C)cc1C([2H])([2H])[2H].[2H]C([2H])([2H])c1ccccc1-c1cc(-c2cc(C([2H])([2H])C(C)(C)C)c(C([2H])([2H])[2H])c[n+]2C)c(C)cc1C([2H])([2H])[2H].[2H]C([2H])([2H])c1ccccc1-c1cc(-c2cc(C([2H])([2H])C(C)C)c(C([2H])([2H])[2H])c[n+]2C)c(C)cc1C([2H])([2H])[2H].[2H]C([2H])([2H])c1ccccc1-c1cc(-c2cc(C3([2H])CCCC3)c(C([2H])([2H])[2H])c[n+]2C)c(C)cc1C([2H])([2H])[2H]. The van der Waals surface area contributed by atoms with Gasteiger partial charge in [-0.05, 0) is 390 Å². The van der Waals surface area contributed by atoms with Crippen LogP contribution < -0.4 is 22.8 Å². The van der Waals surface area contributed by atoms with Crippen molar-refractivity contribution in [1.82, 2.24) is 0 Å². The first-order valence-corrected chi connectivity index (χ1v) is 44.3. The first kappa shape index (κ1) is 52.0. The van der Waals surface area contributed by atoms with E-state index in [4.69, 9.17) is 69.9 Å². The maximum absolute atomic E-state index is 9.12. The van der Waals surface area contributed by atoms with E-state index in [2.05, 4.69) is 0 Å². The van der Waals surface area contributed by atoms with Gasteiger partial charge < -0.3 is 0 Å². The van der Waals surface area contributed by atoms with Gasteiger partial charge in [0.1, 0.15) is 35.2 Å². The highest BCUT2D eigenvalue weighted by molar-refractivity contribution is 5.83. The van der Waals surface area contributed by atoms with E-state index in [1.54, 1.807) is 312 Å². The lowest BCUT2D eigenvalue weighted by Crippen LogP contribution is -2.32. The van der Waals surface area contributed by atoms with Gasteiger partial charge >= 0.3 is 0 Å². The number of aromatic nitrogens is 5. The number of nitrogens with zero attached hydrogens (tertiary/aromatic N) is 5. The predicted octanol–water partition coefficient (Wildman–Crippen LogP) is 31.3. The summed E-state index contributed by atoms with van der Waals surface area (Å²) in [6.07, 6.45) is 6.24. The van der Waals surface area contributed by atoms with Crippen LogP contribution in [0.2, 0.25) is 0 Å². The van der Waals surface area contributed by atoms with Crippen LogP contribution in [0.4, 0.5) is 0 Å². The van der Waals surface area contributed by atoms with Crippen molar-refractivity contribution in [3.8, 4) is 112 Å². The molecule has 5 heterocycles. The van der Waals surface area contributed by atoms with Crippen molar-refractivity contribution < 1.29 is 92.7 Å². The second kappa shape index (κ2) is 42.9. The van der Waals surface area contributed by atoms with Crippen LogP contribution in [0.1, 0.15) is 295 Å². The van der Waals surface area contributed by atoms with Crippen LogP contribution in [0.5, 0.6) is 0 Å². The largest absolute Gasteiger partial charge is 0.212 e. The van der Waals surface area contributed by atoms with Crippen LogP contribution in [0.25, 0.3) is 112 Å². The lowest BCUT2D eigenvalue weighted by Gasteiger charge is -2.20. The third kappa shape index (κ3) is 23.4. The number of hydrogen-bond acceptors (Lipinski definition) is 0. The van der Waals surface area contributed by atoms with Crippen LogP contribution in [0.3, 0.4) is 0 Å². The van der Waals surface area contributed by atoms with E-state index >= 15 is 0 Å². The molecule has 16 rings (SSSR count). The molecule has 0 bridgehead atoms. The van der Waals surface area contributed by atoms with Crippen molar-refractivity contribution in [2.45, 2.75) is 243 Å². The second-order valence-electron chi connectivity index (χ2n) is 36.0. The fourth-order valence-corrected chi connectivity index (χ4v) is 17.0. The van der Waals surface area contributed by atoms with Crippen LogP contribution in [0, 0.1) is 156 Å². The highest BCUT2D eigenvalue weighted by Crippen LogP contribution is 2.43. The van der Waals surface area contributed by atoms with E-state index < -0.39 is 139 Å². The summed E-state index contributed by atoms with van der Waals surface area (Å²) in [6.45, 7) is -14.9. The van der Waals surface area contributed by atoms with Gasteiger partial charge in [0.15, 0.2) is 31.0 Å². The maximum atomic E-state index is 9.12. The van der Waals surface area contributed by atoms with E-state index in [1.807, 2.05) is 0 Å². The smallest absolute Gasteiger partial charge is 0.201 e. The van der Waals surface area contributed by atoms with Crippen LogP contribution in [-0.2, 0) is 48.0 Å². The Kier molecular flexibility index (Phi) is 16.8. The van der Waals surface area contributed by atoms with Crippen molar-refractivity contribution in [3.63, 3.8) is 0 Å². The molecule has 0 radical (unpaired) electrons. The number of pyridine rings is 5. The molecule has 0 aliphatic heterocycles. The van der Waals surface area contributed by atoms with Gasteiger partial charge in [-0.2, -0.15) is 0 Å². The van der Waals surface area contributed by atoms with Crippen molar-refractivity contribution >= 4 is 0 Å². The minimum Gasteiger partial charge on any atom is -0.201 e. The van der Waals surface area contributed by atoms with Crippen LogP contribution >= 0.6 is 0 Å². The molecular formula is C128H154N5+5. The first-order chi connectivity index (χ1) is 83.3. The third-order valence-electron chi connectivity index (χ3n) is 23.9. The summed E-state index contributed by atoms with van der Waals surface area (Å²) in [6, 6.07) is 55.8. The topological polar surface area (TPSA) is 19.4 Å². The predicted molar refractivity (Wildman–Crippen MR) is 569 cm³/mol. The Labute approximate surface area is 874 Å². The highest BCUT2D eigenvalue weighted by Gasteiger charge is 2.29. The van der Waals surface area contributed by atoms with Gasteiger partial charge in [-0.15, -0.1) is 0 Å². The molecule has 0 N–H and O–H groups in total. The molecule has 5 nitrogen and oxygen atoms in total. The van der Waals surface area contributed by atoms with E-state index in [-0.39, 0.29) is 122 Å². The zero-order valence-corrected chi connectivity index (χ0v) is 79.2. The Hall–Kier alpha value is -12.1. The van der Waals surface area contributed by atoms with Gasteiger partial charge in [0.05, 0.1) is 0 Å². The second-order valence-corrected chi connectivity index (χ2v) is 36.0. The van der Waals surface area contributed by atoms with Gasteiger partial charge in [0.25, 0.3) is 0 Å². The van der Waals surface area contributed by atoms with Crippen molar-refractivity contribution in [3.05, 3.63) is 382 Å². The molecule has 5 aromatic heterocycles. The summed E-state index contributed by atoms with van der Waals surface area (Å²) in [4.78, 5) is 0. The number of hydrogen-bond donors (Lipinski definition) is 0. The molecule has 686 valence electrons. The molecule has 1 saturated carbocycles. The number of rotatable bonds is 15. The molecule has 0 saturated heterocycles. The van der Waals surface area contributed by atoms with E-state index in [1.165, 1.54) is 79.3 Å². The summed E-state index contributed by atoms with van der Waals surface area (Å²) in [5.74, 6) is -2.75. The van der Waals surface area contributed by atoms with Gasteiger partial charge in [0.2, 0.25) is 28.5 Å². The Morgan fingerprint density at radius 3 is 0.865 bits per heavy atom. The fraction of sp³-hybridized carbons (Fsp3) is 0.336. The summed E-state index contributed by atoms with van der Waals surface area (Å²) in [5, 5.41) is 0. The lowest BCUT2D eigenvalue weighted by molar-refractivity contribution is -0.660. The minimum atomic E-state index is -2.58. The average molecular weight is 1810 g/mol. The minimum absolute atomic E-state index is 0.00468. The van der Waals surface area contributed by atoms with E-state index in [0.29, 0.717) is 141 Å². The zero-order chi connectivity index (χ0) is 140. The van der Waals surface area contributed by atoms with Gasteiger partial charge in [-0.25, -0.2) is 22.8 Å². The van der Waals surface area contributed by atoms with Crippen LogP contribution in [-0.4, -0.2) is 0 Å². The monoisotopic (exact) mass is 1810 g/mol. The van der Waals surface area contributed by atoms with Crippen LogP contribution in [0.15, 0.2) is 243 Å². The fourth-order valence-electron chi connectivity index (χ4n) is 17.0. The van der Waals surface area contributed by atoms with Crippen molar-refractivity contribution in [2.75, 3.05) is 0 Å². The highest BCUT2D eigenvalue weighted by atomic mass is 14.9. The summed E-state index contributed by atoms with van der Waals surface area (Å²) in [5.41, 5.74) is 12.8. The number of aryl methyl sites for hydroxylation is 26. The molecule has 0 atom stereocenters. The molecule has 15 aromatic rings. The van der Waals surface area contributed by atoms with Gasteiger partial charge in [-0.1, -0.05) is 213 Å². The molecule has 1 aliphatic carbocycles. The quantitative estimate of drug-likeness (QED) is 0.0912. The molecule has 0 amide bonds. The van der Waals surface area contributed by atoms with Gasteiger partial charge in [-0.3, -0.25) is 0 Å².